The van der Waals surface area contributed by atoms with Crippen LogP contribution in [0.4, 0.5) is 5.69 Å². The summed E-state index contributed by atoms with van der Waals surface area (Å²) in [5, 5.41) is 13.8. The van der Waals surface area contributed by atoms with Crippen molar-refractivity contribution in [2.24, 2.45) is 0 Å². The summed E-state index contributed by atoms with van der Waals surface area (Å²) in [7, 11) is 0. The first kappa shape index (κ1) is 17.8. The van der Waals surface area contributed by atoms with Gasteiger partial charge in [0.25, 0.3) is 0 Å². The Morgan fingerprint density at radius 1 is 1.11 bits per heavy atom. The first-order valence-electron chi connectivity index (χ1n) is 8.46. The van der Waals surface area contributed by atoms with Gasteiger partial charge in [0.05, 0.1) is 22.0 Å². The van der Waals surface area contributed by atoms with Gasteiger partial charge in [-0.25, -0.2) is 0 Å². The highest BCUT2D eigenvalue weighted by atomic mass is 35.5. The van der Waals surface area contributed by atoms with Gasteiger partial charge in [0, 0.05) is 5.39 Å². The SMILES string of the molecule is Cc1cc2nnc(SCC(=O)Nc3ccccc3Cl)n2c2c(C)cccc12. The smallest absolute Gasteiger partial charge is 0.234 e. The summed E-state index contributed by atoms with van der Waals surface area (Å²) in [4.78, 5) is 12.3. The van der Waals surface area contributed by atoms with Crippen LogP contribution < -0.4 is 5.32 Å². The highest BCUT2D eigenvalue weighted by Gasteiger charge is 2.15. The van der Waals surface area contributed by atoms with Gasteiger partial charge in [-0.2, -0.15) is 0 Å². The van der Waals surface area contributed by atoms with Crippen molar-refractivity contribution in [3.63, 3.8) is 0 Å². The maximum atomic E-state index is 12.3. The third-order valence-electron chi connectivity index (χ3n) is 4.37. The van der Waals surface area contributed by atoms with Gasteiger partial charge in [0.1, 0.15) is 0 Å². The van der Waals surface area contributed by atoms with Crippen LogP contribution in [-0.2, 0) is 4.79 Å². The lowest BCUT2D eigenvalue weighted by Gasteiger charge is -2.10. The fourth-order valence-corrected chi connectivity index (χ4v) is 4.03. The van der Waals surface area contributed by atoms with E-state index >= 15 is 0 Å². The molecule has 1 amide bonds. The van der Waals surface area contributed by atoms with E-state index in [9.17, 15) is 4.79 Å². The number of amides is 1. The highest BCUT2D eigenvalue weighted by molar-refractivity contribution is 7.99. The summed E-state index contributed by atoms with van der Waals surface area (Å²) in [6, 6.07) is 15.4. The van der Waals surface area contributed by atoms with Crippen molar-refractivity contribution in [1.29, 1.82) is 0 Å². The number of hydrogen-bond acceptors (Lipinski definition) is 4. The molecule has 0 spiro atoms. The normalized spacial score (nSPS) is 11.2. The van der Waals surface area contributed by atoms with Gasteiger partial charge in [0.15, 0.2) is 10.8 Å². The zero-order valence-electron chi connectivity index (χ0n) is 14.9. The lowest BCUT2D eigenvalue weighted by molar-refractivity contribution is -0.113. The number of fused-ring (bicyclic) bond motifs is 3. The van der Waals surface area contributed by atoms with Crippen molar-refractivity contribution in [2.75, 3.05) is 11.1 Å². The Morgan fingerprint density at radius 3 is 2.74 bits per heavy atom. The summed E-state index contributed by atoms with van der Waals surface area (Å²) in [6.45, 7) is 4.14. The Kier molecular flexibility index (Phi) is 4.76. The first-order valence-corrected chi connectivity index (χ1v) is 9.82. The van der Waals surface area contributed by atoms with E-state index in [1.54, 1.807) is 12.1 Å². The third kappa shape index (κ3) is 3.38. The van der Waals surface area contributed by atoms with Crippen LogP contribution in [-0.4, -0.2) is 26.3 Å². The molecule has 0 unspecified atom stereocenters. The number of benzene rings is 2. The lowest BCUT2D eigenvalue weighted by atomic mass is 10.1. The maximum absolute atomic E-state index is 12.3. The van der Waals surface area contributed by atoms with Crippen LogP contribution in [0.25, 0.3) is 16.6 Å². The van der Waals surface area contributed by atoms with Crippen LogP contribution in [0.1, 0.15) is 11.1 Å². The summed E-state index contributed by atoms with van der Waals surface area (Å²) >= 11 is 7.45. The molecule has 27 heavy (non-hydrogen) atoms. The van der Waals surface area contributed by atoms with E-state index in [1.165, 1.54) is 11.8 Å². The standard InChI is InChI=1S/C20H17ClN4OS/c1-12-6-5-7-14-13(2)10-17-23-24-20(25(17)19(12)14)27-11-18(26)22-16-9-4-3-8-15(16)21/h3-10H,11H2,1-2H3,(H,22,26). The molecule has 2 aromatic heterocycles. The van der Waals surface area contributed by atoms with Gasteiger partial charge in [-0.3, -0.25) is 9.20 Å². The molecule has 0 aliphatic carbocycles. The molecule has 2 aromatic carbocycles. The molecule has 4 rings (SSSR count). The van der Waals surface area contributed by atoms with Gasteiger partial charge in [-0.1, -0.05) is 53.7 Å². The Bertz CT molecular complexity index is 1170. The predicted molar refractivity (Wildman–Crippen MR) is 111 cm³/mol. The fraction of sp³-hybridized carbons (Fsp3) is 0.150. The Balaban J connectivity index is 1.63. The number of aryl methyl sites for hydroxylation is 2. The maximum Gasteiger partial charge on any atom is 0.234 e. The van der Waals surface area contributed by atoms with Crippen LogP contribution in [0.3, 0.4) is 0 Å². The van der Waals surface area contributed by atoms with E-state index in [0.29, 0.717) is 15.9 Å². The van der Waals surface area contributed by atoms with Crippen molar-refractivity contribution in [2.45, 2.75) is 19.0 Å². The summed E-state index contributed by atoms with van der Waals surface area (Å²) in [5.74, 6) is 0.0748. The molecule has 0 radical (unpaired) electrons. The largest absolute Gasteiger partial charge is 0.324 e. The van der Waals surface area contributed by atoms with Crippen molar-refractivity contribution in [3.05, 3.63) is 64.7 Å². The van der Waals surface area contributed by atoms with Crippen LogP contribution in [0.15, 0.2) is 53.7 Å². The number of para-hydroxylation sites is 2. The quantitative estimate of drug-likeness (QED) is 0.499. The summed E-state index contributed by atoms with van der Waals surface area (Å²) < 4.78 is 2.02. The fourth-order valence-electron chi connectivity index (χ4n) is 3.10. The number of hydrogen-bond donors (Lipinski definition) is 1. The van der Waals surface area contributed by atoms with E-state index in [2.05, 4.69) is 41.5 Å². The first-order chi connectivity index (χ1) is 13.0. The number of carbonyl (C=O) groups is 1. The number of pyridine rings is 1. The lowest BCUT2D eigenvalue weighted by Crippen LogP contribution is -2.14. The minimum atomic E-state index is -0.141. The second kappa shape index (κ2) is 7.21. The number of nitrogens with one attached hydrogen (secondary N) is 1. The molecule has 1 N–H and O–H groups in total. The van der Waals surface area contributed by atoms with Gasteiger partial charge in [0.2, 0.25) is 5.91 Å². The zero-order valence-corrected chi connectivity index (χ0v) is 16.4. The third-order valence-corrected chi connectivity index (χ3v) is 5.63. The highest BCUT2D eigenvalue weighted by Crippen LogP contribution is 2.28. The van der Waals surface area contributed by atoms with Crippen LogP contribution in [0.2, 0.25) is 5.02 Å². The van der Waals surface area contributed by atoms with Gasteiger partial charge in [-0.05, 0) is 43.2 Å². The molecule has 136 valence electrons. The molecule has 0 fully saturated rings. The topological polar surface area (TPSA) is 59.3 Å². The molecular weight excluding hydrogens is 380 g/mol. The van der Waals surface area contributed by atoms with Crippen molar-refractivity contribution < 1.29 is 4.79 Å². The number of rotatable bonds is 4. The molecule has 0 atom stereocenters. The van der Waals surface area contributed by atoms with Crippen molar-refractivity contribution in [3.8, 4) is 0 Å². The van der Waals surface area contributed by atoms with Gasteiger partial charge >= 0.3 is 0 Å². The van der Waals surface area contributed by atoms with Gasteiger partial charge in [-0.15, -0.1) is 10.2 Å². The minimum absolute atomic E-state index is 0.141. The van der Waals surface area contributed by atoms with Crippen molar-refractivity contribution >= 4 is 51.5 Å². The van der Waals surface area contributed by atoms with E-state index in [-0.39, 0.29) is 11.7 Å². The average Bonchev–Trinajstić information content (AvgIpc) is 3.05. The Hall–Kier alpha value is -2.57. The molecule has 0 bridgehead atoms. The molecular formula is C20H17ClN4OS. The zero-order chi connectivity index (χ0) is 19.0. The second-order valence-electron chi connectivity index (χ2n) is 6.29. The molecule has 0 saturated heterocycles. The summed E-state index contributed by atoms with van der Waals surface area (Å²) in [5.41, 5.74) is 4.76. The number of aromatic nitrogens is 3. The van der Waals surface area contributed by atoms with Gasteiger partial charge < -0.3 is 5.32 Å². The number of carbonyl (C=O) groups excluding carboxylic acids is 1. The molecule has 0 aliphatic rings. The monoisotopic (exact) mass is 396 g/mol. The van der Waals surface area contributed by atoms with E-state index in [0.717, 1.165) is 27.7 Å². The molecule has 5 nitrogen and oxygen atoms in total. The number of nitrogens with zero attached hydrogens (tertiary/aromatic N) is 3. The average molecular weight is 397 g/mol. The number of halogens is 1. The minimum Gasteiger partial charge on any atom is -0.324 e. The molecule has 0 saturated carbocycles. The van der Waals surface area contributed by atoms with E-state index in [4.69, 9.17) is 11.6 Å². The van der Waals surface area contributed by atoms with E-state index in [1.807, 2.05) is 28.7 Å². The van der Waals surface area contributed by atoms with Crippen LogP contribution in [0.5, 0.6) is 0 Å². The molecule has 7 heteroatoms. The van der Waals surface area contributed by atoms with Crippen molar-refractivity contribution in [1.82, 2.24) is 14.6 Å². The second-order valence-corrected chi connectivity index (χ2v) is 7.64. The number of anilines is 1. The number of thioether (sulfide) groups is 1. The Labute approximate surface area is 165 Å². The van der Waals surface area contributed by atoms with E-state index < -0.39 is 0 Å². The molecule has 4 aromatic rings. The predicted octanol–water partition coefficient (Wildman–Crippen LogP) is 4.88. The van der Waals surface area contributed by atoms with Crippen LogP contribution >= 0.6 is 23.4 Å². The molecule has 0 aliphatic heterocycles. The van der Waals surface area contributed by atoms with Crippen LogP contribution in [0, 0.1) is 13.8 Å². The Morgan fingerprint density at radius 2 is 1.93 bits per heavy atom. The molecule has 2 heterocycles. The summed E-state index contributed by atoms with van der Waals surface area (Å²) in [6.07, 6.45) is 0.